The van der Waals surface area contributed by atoms with Gasteiger partial charge >= 0.3 is 0 Å². The number of nitrogens with two attached hydrogens (primary N) is 1. The van der Waals surface area contributed by atoms with Crippen LogP contribution in [0.1, 0.15) is 25.1 Å². The van der Waals surface area contributed by atoms with Crippen LogP contribution in [0.15, 0.2) is 18.2 Å². The lowest BCUT2D eigenvalue weighted by molar-refractivity contribution is 0.511. The molecule has 0 spiro atoms. The van der Waals surface area contributed by atoms with E-state index in [-0.39, 0.29) is 5.54 Å². The summed E-state index contributed by atoms with van der Waals surface area (Å²) in [5, 5.41) is 2.22. The van der Waals surface area contributed by atoms with Crippen LogP contribution in [0, 0.1) is 6.92 Å². The van der Waals surface area contributed by atoms with Crippen molar-refractivity contribution in [1.82, 2.24) is 4.98 Å². The molecule has 2 rings (SSSR count). The highest BCUT2D eigenvalue weighted by atomic mass is 35.5. The highest BCUT2D eigenvalue weighted by Gasteiger charge is 2.15. The Morgan fingerprint density at radius 2 is 1.83 bits per heavy atom. The summed E-state index contributed by atoms with van der Waals surface area (Å²) < 4.78 is 0. The van der Waals surface area contributed by atoms with Gasteiger partial charge in [0.2, 0.25) is 0 Å². The van der Waals surface area contributed by atoms with Crippen molar-refractivity contribution in [3.05, 3.63) is 39.5 Å². The number of nitrogens with zero attached hydrogens (tertiary/aromatic N) is 1. The van der Waals surface area contributed by atoms with E-state index in [1.54, 1.807) is 12.1 Å². The molecule has 2 N–H and O–H groups in total. The van der Waals surface area contributed by atoms with Crippen LogP contribution in [0.4, 0.5) is 0 Å². The van der Waals surface area contributed by atoms with Gasteiger partial charge in [-0.3, -0.25) is 4.98 Å². The van der Waals surface area contributed by atoms with Crippen LogP contribution >= 0.6 is 23.2 Å². The van der Waals surface area contributed by atoms with E-state index in [0.29, 0.717) is 16.5 Å². The van der Waals surface area contributed by atoms with Crippen LogP contribution < -0.4 is 5.73 Å². The third kappa shape index (κ3) is 2.77. The maximum absolute atomic E-state index is 6.20. The molecule has 2 aromatic rings. The van der Waals surface area contributed by atoms with Gasteiger partial charge in [-0.2, -0.15) is 0 Å². The zero-order chi connectivity index (χ0) is 13.5. The normalized spacial score (nSPS) is 12.1. The molecule has 0 saturated heterocycles. The van der Waals surface area contributed by atoms with Gasteiger partial charge in [-0.25, -0.2) is 0 Å². The lowest BCUT2D eigenvalue weighted by Gasteiger charge is -2.18. The molecule has 4 heteroatoms. The Labute approximate surface area is 117 Å². The molecule has 96 valence electrons. The fourth-order valence-corrected chi connectivity index (χ4v) is 2.58. The summed E-state index contributed by atoms with van der Waals surface area (Å²) in [6, 6.07) is 5.60. The summed E-state index contributed by atoms with van der Waals surface area (Å²) in [6.07, 6.45) is 0.701. The summed E-state index contributed by atoms with van der Waals surface area (Å²) >= 11 is 12.4. The van der Waals surface area contributed by atoms with Crippen LogP contribution in [0.25, 0.3) is 10.9 Å². The van der Waals surface area contributed by atoms with Gasteiger partial charge in [0.25, 0.3) is 0 Å². The van der Waals surface area contributed by atoms with E-state index >= 15 is 0 Å². The predicted octanol–water partition coefficient (Wildman–Crippen LogP) is 4.13. The molecule has 0 atom stereocenters. The number of benzene rings is 1. The molecule has 0 aliphatic heterocycles. The SMILES string of the molecule is Cc1cc(CC(C)(C)N)nc2c(Cl)ccc(Cl)c12. The fourth-order valence-electron chi connectivity index (χ4n) is 2.08. The Hall–Kier alpha value is -0.830. The predicted molar refractivity (Wildman–Crippen MR) is 78.5 cm³/mol. The van der Waals surface area contributed by atoms with Gasteiger partial charge in [-0.05, 0) is 44.5 Å². The van der Waals surface area contributed by atoms with Gasteiger partial charge in [0.05, 0.1) is 15.6 Å². The van der Waals surface area contributed by atoms with E-state index in [0.717, 1.165) is 22.2 Å². The number of halogens is 2. The van der Waals surface area contributed by atoms with Crippen LogP contribution in [-0.2, 0) is 6.42 Å². The number of hydrogen-bond donors (Lipinski definition) is 1. The van der Waals surface area contributed by atoms with E-state index in [1.165, 1.54) is 0 Å². The van der Waals surface area contributed by atoms with Crippen molar-refractivity contribution in [3.63, 3.8) is 0 Å². The summed E-state index contributed by atoms with van der Waals surface area (Å²) in [7, 11) is 0. The van der Waals surface area contributed by atoms with E-state index in [1.807, 2.05) is 26.8 Å². The van der Waals surface area contributed by atoms with Crippen molar-refractivity contribution >= 4 is 34.1 Å². The number of aromatic nitrogens is 1. The van der Waals surface area contributed by atoms with E-state index in [9.17, 15) is 0 Å². The van der Waals surface area contributed by atoms with Gasteiger partial charge in [-0.15, -0.1) is 0 Å². The Balaban J connectivity index is 2.65. The van der Waals surface area contributed by atoms with Crippen LogP contribution in [0.3, 0.4) is 0 Å². The smallest absolute Gasteiger partial charge is 0.0909 e. The molecule has 0 aliphatic carbocycles. The van der Waals surface area contributed by atoms with Crippen molar-refractivity contribution < 1.29 is 0 Å². The average Bonchev–Trinajstić information content (AvgIpc) is 2.20. The second kappa shape index (κ2) is 4.69. The summed E-state index contributed by atoms with van der Waals surface area (Å²) in [5.41, 5.74) is 8.51. The molecule has 1 heterocycles. The molecular formula is C14H16Cl2N2. The average molecular weight is 283 g/mol. The molecule has 0 unspecified atom stereocenters. The Morgan fingerprint density at radius 1 is 1.22 bits per heavy atom. The second-order valence-corrected chi connectivity index (χ2v) is 6.16. The molecule has 18 heavy (non-hydrogen) atoms. The summed E-state index contributed by atoms with van der Waals surface area (Å²) in [6.45, 7) is 5.97. The number of hydrogen-bond acceptors (Lipinski definition) is 2. The highest BCUT2D eigenvalue weighted by molar-refractivity contribution is 6.40. The second-order valence-electron chi connectivity index (χ2n) is 5.35. The first kappa shape index (κ1) is 13.6. The lowest BCUT2D eigenvalue weighted by atomic mass is 9.98. The van der Waals surface area contributed by atoms with Gasteiger partial charge in [0.15, 0.2) is 0 Å². The molecule has 0 bridgehead atoms. The van der Waals surface area contributed by atoms with Crippen LogP contribution in [0.2, 0.25) is 10.0 Å². The van der Waals surface area contributed by atoms with Crippen molar-refractivity contribution in [1.29, 1.82) is 0 Å². The van der Waals surface area contributed by atoms with Crippen LogP contribution in [-0.4, -0.2) is 10.5 Å². The maximum Gasteiger partial charge on any atom is 0.0909 e. The third-order valence-electron chi connectivity index (χ3n) is 2.75. The van der Waals surface area contributed by atoms with Crippen molar-refractivity contribution in [2.45, 2.75) is 32.7 Å². The minimum atomic E-state index is -0.293. The monoisotopic (exact) mass is 282 g/mol. The molecule has 2 nitrogen and oxygen atoms in total. The minimum absolute atomic E-state index is 0.293. The summed E-state index contributed by atoms with van der Waals surface area (Å²) in [5.74, 6) is 0. The standard InChI is InChI=1S/C14H16Cl2N2/c1-8-6-9(7-14(2,3)17)18-13-11(16)5-4-10(15)12(8)13/h4-6H,7,17H2,1-3H3. The molecule has 0 aliphatic rings. The Bertz CT molecular complexity index is 601. The first-order chi connectivity index (χ1) is 8.28. The number of rotatable bonds is 2. The van der Waals surface area contributed by atoms with E-state index < -0.39 is 0 Å². The van der Waals surface area contributed by atoms with Gasteiger partial charge in [0.1, 0.15) is 0 Å². The highest BCUT2D eigenvalue weighted by Crippen LogP contribution is 2.31. The quantitative estimate of drug-likeness (QED) is 0.900. The zero-order valence-corrected chi connectivity index (χ0v) is 12.2. The van der Waals surface area contributed by atoms with E-state index in [2.05, 4.69) is 4.98 Å². The van der Waals surface area contributed by atoms with E-state index in [4.69, 9.17) is 28.9 Å². The maximum atomic E-state index is 6.20. The Morgan fingerprint density at radius 3 is 2.44 bits per heavy atom. The lowest BCUT2D eigenvalue weighted by Crippen LogP contribution is -2.34. The number of fused-ring (bicyclic) bond motifs is 1. The number of aryl methyl sites for hydroxylation is 1. The molecular weight excluding hydrogens is 267 g/mol. The summed E-state index contributed by atoms with van der Waals surface area (Å²) in [4.78, 5) is 4.59. The van der Waals surface area contributed by atoms with Crippen molar-refractivity contribution in [2.75, 3.05) is 0 Å². The topological polar surface area (TPSA) is 38.9 Å². The van der Waals surface area contributed by atoms with Gasteiger partial charge in [0, 0.05) is 23.0 Å². The van der Waals surface area contributed by atoms with Crippen LogP contribution in [0.5, 0.6) is 0 Å². The fraction of sp³-hybridized carbons (Fsp3) is 0.357. The van der Waals surface area contributed by atoms with Gasteiger partial charge < -0.3 is 5.73 Å². The van der Waals surface area contributed by atoms with Crippen molar-refractivity contribution in [3.8, 4) is 0 Å². The molecule has 0 amide bonds. The Kier molecular flexibility index (Phi) is 3.54. The number of pyridine rings is 1. The molecule has 0 radical (unpaired) electrons. The molecule has 0 saturated carbocycles. The first-order valence-corrected chi connectivity index (χ1v) is 6.56. The molecule has 0 fully saturated rings. The minimum Gasteiger partial charge on any atom is -0.325 e. The first-order valence-electron chi connectivity index (χ1n) is 5.81. The zero-order valence-electron chi connectivity index (χ0n) is 10.7. The third-order valence-corrected chi connectivity index (χ3v) is 3.37. The molecule has 1 aromatic heterocycles. The van der Waals surface area contributed by atoms with Crippen molar-refractivity contribution in [2.24, 2.45) is 5.73 Å². The molecule has 1 aromatic carbocycles. The largest absolute Gasteiger partial charge is 0.325 e. The van der Waals surface area contributed by atoms with Gasteiger partial charge in [-0.1, -0.05) is 23.2 Å².